The minimum atomic E-state index is -0.526. The van der Waals surface area contributed by atoms with E-state index in [-0.39, 0.29) is 18.5 Å². The molecule has 0 bridgehead atoms. The van der Waals surface area contributed by atoms with Gasteiger partial charge in [0.25, 0.3) is 0 Å². The van der Waals surface area contributed by atoms with Crippen molar-refractivity contribution in [1.82, 2.24) is 9.80 Å². The van der Waals surface area contributed by atoms with Crippen LogP contribution in [-0.4, -0.2) is 53.1 Å². The van der Waals surface area contributed by atoms with Crippen LogP contribution in [0.15, 0.2) is 0 Å². The Hall–Kier alpha value is -1.26. The molecule has 1 heterocycles. The number of carbonyl (C=O) groups is 2. The van der Waals surface area contributed by atoms with Crippen LogP contribution >= 0.6 is 0 Å². The Labute approximate surface area is 103 Å². The van der Waals surface area contributed by atoms with Crippen LogP contribution in [0.4, 0.5) is 4.79 Å². The van der Waals surface area contributed by atoms with Crippen molar-refractivity contribution >= 4 is 12.0 Å². The summed E-state index contributed by atoms with van der Waals surface area (Å²) in [7, 11) is 0. The molecule has 0 aliphatic carbocycles. The van der Waals surface area contributed by atoms with Gasteiger partial charge in [-0.25, -0.2) is 4.79 Å². The molecule has 0 radical (unpaired) electrons. The van der Waals surface area contributed by atoms with Crippen LogP contribution in [0, 0.1) is 0 Å². The third kappa shape index (κ3) is 3.61. The highest BCUT2D eigenvalue weighted by Crippen LogP contribution is 2.15. The first-order valence-corrected chi connectivity index (χ1v) is 6.02. The SMILES string of the molecule is CCN1C[C@H](C)N(C(=O)OC(C)(C)C)CC1=O. The average molecular weight is 242 g/mol. The predicted octanol–water partition coefficient (Wildman–Crippen LogP) is 1.47. The maximum atomic E-state index is 11.9. The molecule has 0 aromatic rings. The molecule has 0 saturated carbocycles. The minimum absolute atomic E-state index is 0.00231. The number of carbonyl (C=O) groups excluding carboxylic acids is 2. The summed E-state index contributed by atoms with van der Waals surface area (Å²) >= 11 is 0. The van der Waals surface area contributed by atoms with Gasteiger partial charge in [-0.1, -0.05) is 0 Å². The Bertz CT molecular complexity index is 309. The molecule has 2 amide bonds. The summed E-state index contributed by atoms with van der Waals surface area (Å²) in [6.07, 6.45) is -0.408. The molecule has 1 saturated heterocycles. The first-order valence-electron chi connectivity index (χ1n) is 6.02. The molecule has 1 aliphatic heterocycles. The minimum Gasteiger partial charge on any atom is -0.444 e. The van der Waals surface area contributed by atoms with Crippen molar-refractivity contribution in [2.24, 2.45) is 0 Å². The molecule has 98 valence electrons. The molecule has 0 unspecified atom stereocenters. The van der Waals surface area contributed by atoms with Crippen LogP contribution in [0.2, 0.25) is 0 Å². The molecular formula is C12H22N2O3. The third-order valence-corrected chi connectivity index (χ3v) is 2.68. The third-order valence-electron chi connectivity index (χ3n) is 2.68. The number of rotatable bonds is 1. The van der Waals surface area contributed by atoms with Gasteiger partial charge in [0.05, 0.1) is 6.04 Å². The summed E-state index contributed by atoms with van der Waals surface area (Å²) in [5.41, 5.74) is -0.526. The van der Waals surface area contributed by atoms with Gasteiger partial charge in [-0.15, -0.1) is 0 Å². The maximum Gasteiger partial charge on any atom is 0.411 e. The first kappa shape index (κ1) is 13.8. The molecule has 1 rings (SSSR count). The second-order valence-corrected chi connectivity index (χ2v) is 5.39. The largest absolute Gasteiger partial charge is 0.444 e. The highest BCUT2D eigenvalue weighted by molar-refractivity contribution is 5.84. The van der Waals surface area contributed by atoms with E-state index in [2.05, 4.69) is 0 Å². The van der Waals surface area contributed by atoms with Gasteiger partial charge in [0, 0.05) is 13.1 Å². The Kier molecular flexibility index (Phi) is 4.01. The van der Waals surface area contributed by atoms with E-state index in [1.54, 1.807) is 4.90 Å². The fourth-order valence-electron chi connectivity index (χ4n) is 1.79. The number of hydrogen-bond acceptors (Lipinski definition) is 3. The quantitative estimate of drug-likeness (QED) is 0.699. The molecule has 1 aliphatic rings. The Morgan fingerprint density at radius 2 is 2.06 bits per heavy atom. The van der Waals surface area contributed by atoms with E-state index >= 15 is 0 Å². The molecule has 17 heavy (non-hydrogen) atoms. The molecular weight excluding hydrogens is 220 g/mol. The lowest BCUT2D eigenvalue weighted by atomic mass is 10.2. The topological polar surface area (TPSA) is 49.9 Å². The maximum absolute atomic E-state index is 11.9. The highest BCUT2D eigenvalue weighted by atomic mass is 16.6. The van der Waals surface area contributed by atoms with Crippen molar-refractivity contribution in [1.29, 1.82) is 0 Å². The van der Waals surface area contributed by atoms with Gasteiger partial charge in [0.2, 0.25) is 5.91 Å². The van der Waals surface area contributed by atoms with E-state index in [9.17, 15) is 9.59 Å². The summed E-state index contributed by atoms with van der Waals surface area (Å²) in [4.78, 5) is 26.9. The average Bonchev–Trinajstić information content (AvgIpc) is 2.18. The van der Waals surface area contributed by atoms with Gasteiger partial charge in [-0.2, -0.15) is 0 Å². The van der Waals surface area contributed by atoms with Crippen LogP contribution in [0.25, 0.3) is 0 Å². The van der Waals surface area contributed by atoms with Crippen LogP contribution in [0.1, 0.15) is 34.6 Å². The Morgan fingerprint density at radius 1 is 1.47 bits per heavy atom. The number of hydrogen-bond donors (Lipinski definition) is 0. The second-order valence-electron chi connectivity index (χ2n) is 5.39. The molecule has 5 heteroatoms. The van der Waals surface area contributed by atoms with Crippen LogP contribution in [-0.2, 0) is 9.53 Å². The van der Waals surface area contributed by atoms with E-state index in [4.69, 9.17) is 4.74 Å². The van der Waals surface area contributed by atoms with E-state index in [1.165, 1.54) is 4.90 Å². The van der Waals surface area contributed by atoms with Gasteiger partial charge < -0.3 is 9.64 Å². The van der Waals surface area contributed by atoms with Crippen molar-refractivity contribution in [2.45, 2.75) is 46.3 Å². The zero-order valence-corrected chi connectivity index (χ0v) is 11.3. The monoisotopic (exact) mass is 242 g/mol. The van der Waals surface area contributed by atoms with Crippen molar-refractivity contribution in [3.8, 4) is 0 Å². The zero-order valence-electron chi connectivity index (χ0n) is 11.3. The van der Waals surface area contributed by atoms with Gasteiger partial charge in [0.15, 0.2) is 0 Å². The van der Waals surface area contributed by atoms with E-state index in [1.807, 2.05) is 34.6 Å². The smallest absolute Gasteiger partial charge is 0.411 e. The van der Waals surface area contributed by atoms with Crippen molar-refractivity contribution < 1.29 is 14.3 Å². The Morgan fingerprint density at radius 3 is 2.53 bits per heavy atom. The standard InChI is InChI=1S/C12H22N2O3/c1-6-13-7-9(2)14(8-10(13)15)11(16)17-12(3,4)5/h9H,6-8H2,1-5H3/t9-/m0/s1. The lowest BCUT2D eigenvalue weighted by Gasteiger charge is -2.39. The second kappa shape index (κ2) is 4.94. The number of ether oxygens (including phenoxy) is 1. The van der Waals surface area contributed by atoms with Gasteiger partial charge in [0.1, 0.15) is 12.1 Å². The zero-order chi connectivity index (χ0) is 13.2. The molecule has 5 nitrogen and oxygen atoms in total. The fourth-order valence-corrected chi connectivity index (χ4v) is 1.79. The van der Waals surface area contributed by atoms with Gasteiger partial charge >= 0.3 is 6.09 Å². The predicted molar refractivity (Wildman–Crippen MR) is 64.7 cm³/mol. The van der Waals surface area contributed by atoms with Crippen LogP contribution < -0.4 is 0 Å². The summed E-state index contributed by atoms with van der Waals surface area (Å²) in [5.74, 6) is -0.0172. The lowest BCUT2D eigenvalue weighted by molar-refractivity contribution is -0.137. The fraction of sp³-hybridized carbons (Fsp3) is 0.833. The number of amides is 2. The summed E-state index contributed by atoms with van der Waals surface area (Å²) in [6, 6.07) is 0.00231. The molecule has 0 N–H and O–H groups in total. The molecule has 0 spiro atoms. The number of likely N-dealkylation sites (N-methyl/N-ethyl adjacent to an activating group) is 1. The van der Waals surface area contributed by atoms with E-state index in [0.717, 1.165) is 0 Å². The summed E-state index contributed by atoms with van der Waals surface area (Å²) in [5, 5.41) is 0. The van der Waals surface area contributed by atoms with Gasteiger partial charge in [-0.05, 0) is 34.6 Å². The lowest BCUT2D eigenvalue weighted by Crippen LogP contribution is -2.57. The van der Waals surface area contributed by atoms with Crippen molar-refractivity contribution in [3.63, 3.8) is 0 Å². The van der Waals surface area contributed by atoms with E-state index in [0.29, 0.717) is 13.1 Å². The van der Waals surface area contributed by atoms with E-state index < -0.39 is 11.7 Å². The Balaban J connectivity index is 2.67. The molecule has 0 aromatic heterocycles. The van der Waals surface area contributed by atoms with Crippen LogP contribution in [0.5, 0.6) is 0 Å². The first-order chi connectivity index (χ1) is 7.74. The number of nitrogens with zero attached hydrogens (tertiary/aromatic N) is 2. The normalized spacial score (nSPS) is 21.7. The highest BCUT2D eigenvalue weighted by Gasteiger charge is 2.34. The molecule has 1 fully saturated rings. The number of piperazine rings is 1. The molecule has 0 aromatic carbocycles. The molecule has 1 atom stereocenters. The van der Waals surface area contributed by atoms with Gasteiger partial charge in [-0.3, -0.25) is 9.69 Å². The van der Waals surface area contributed by atoms with Crippen molar-refractivity contribution in [2.75, 3.05) is 19.6 Å². The summed E-state index contributed by atoms with van der Waals surface area (Å²) in [6.45, 7) is 10.7. The van der Waals surface area contributed by atoms with Crippen LogP contribution in [0.3, 0.4) is 0 Å². The van der Waals surface area contributed by atoms with Crippen molar-refractivity contribution in [3.05, 3.63) is 0 Å². The summed E-state index contributed by atoms with van der Waals surface area (Å²) < 4.78 is 5.28.